The summed E-state index contributed by atoms with van der Waals surface area (Å²) in [6.45, 7) is 5.37. The maximum absolute atomic E-state index is 5.82. The highest BCUT2D eigenvalue weighted by atomic mass is 32.1. The lowest BCUT2D eigenvalue weighted by molar-refractivity contribution is 0.0671. The summed E-state index contributed by atoms with van der Waals surface area (Å²) in [6, 6.07) is 12.4. The minimum atomic E-state index is 0.304. The number of hydrogen-bond donors (Lipinski definition) is 0. The van der Waals surface area contributed by atoms with E-state index in [1.165, 1.54) is 10.4 Å². The van der Waals surface area contributed by atoms with E-state index >= 15 is 0 Å². The summed E-state index contributed by atoms with van der Waals surface area (Å²) < 4.78 is 11.3. The van der Waals surface area contributed by atoms with Gasteiger partial charge in [-0.15, -0.1) is 11.3 Å². The van der Waals surface area contributed by atoms with Crippen molar-refractivity contribution in [3.8, 4) is 11.5 Å². The Labute approximate surface area is 157 Å². The van der Waals surface area contributed by atoms with Crippen molar-refractivity contribution in [2.75, 3.05) is 13.2 Å². The molecule has 1 saturated heterocycles. The van der Waals surface area contributed by atoms with Crippen molar-refractivity contribution in [2.45, 2.75) is 39.0 Å². The van der Waals surface area contributed by atoms with Crippen molar-refractivity contribution < 1.29 is 9.26 Å². The molecule has 0 bridgehead atoms. The van der Waals surface area contributed by atoms with Crippen LogP contribution in [-0.2, 0) is 17.8 Å². The Balaban J connectivity index is 1.46. The molecule has 1 aliphatic rings. The number of aryl methyl sites for hydroxylation is 1. The summed E-state index contributed by atoms with van der Waals surface area (Å²) in [6.07, 6.45) is 2.58. The molecule has 0 unspecified atom stereocenters. The van der Waals surface area contributed by atoms with Crippen LogP contribution in [-0.4, -0.2) is 34.3 Å². The number of benzene rings is 1. The van der Waals surface area contributed by atoms with Gasteiger partial charge in [0.15, 0.2) is 5.82 Å². The SMILES string of the molecule is Cc1ccc(-c2nc(CN(Cc3cccs3)C[C@H]3CCCO3)no2)cc1. The number of rotatable bonds is 7. The first kappa shape index (κ1) is 17.4. The normalized spacial score (nSPS) is 17.2. The minimum Gasteiger partial charge on any atom is -0.377 e. The number of ether oxygens (including phenoxy) is 1. The number of aromatic nitrogens is 2. The molecule has 6 heteroatoms. The maximum Gasteiger partial charge on any atom is 0.257 e. The van der Waals surface area contributed by atoms with Crippen molar-refractivity contribution in [1.29, 1.82) is 0 Å². The van der Waals surface area contributed by atoms with E-state index in [0.717, 1.165) is 43.9 Å². The second-order valence-corrected chi connectivity index (χ2v) is 7.80. The molecule has 1 atom stereocenters. The van der Waals surface area contributed by atoms with Gasteiger partial charge in [-0.05, 0) is 43.3 Å². The average molecular weight is 369 g/mol. The Kier molecular flexibility index (Phi) is 5.43. The third-order valence-electron chi connectivity index (χ3n) is 4.58. The van der Waals surface area contributed by atoms with E-state index in [0.29, 0.717) is 18.5 Å². The highest BCUT2D eigenvalue weighted by Gasteiger charge is 2.21. The highest BCUT2D eigenvalue weighted by Crippen LogP contribution is 2.21. The predicted molar refractivity (Wildman–Crippen MR) is 102 cm³/mol. The van der Waals surface area contributed by atoms with Crippen LogP contribution >= 0.6 is 11.3 Å². The quantitative estimate of drug-likeness (QED) is 0.622. The van der Waals surface area contributed by atoms with Gasteiger partial charge in [-0.2, -0.15) is 4.98 Å². The molecular formula is C20H23N3O2S. The molecule has 26 heavy (non-hydrogen) atoms. The summed E-state index contributed by atoms with van der Waals surface area (Å²) in [5, 5.41) is 6.31. The van der Waals surface area contributed by atoms with Crippen LogP contribution in [0.15, 0.2) is 46.3 Å². The predicted octanol–water partition coefficient (Wildman–Crippen LogP) is 4.29. The summed E-state index contributed by atoms with van der Waals surface area (Å²) >= 11 is 1.78. The van der Waals surface area contributed by atoms with Gasteiger partial charge in [0.1, 0.15) is 0 Å². The fourth-order valence-electron chi connectivity index (χ4n) is 3.22. The van der Waals surface area contributed by atoms with Gasteiger partial charge in [-0.3, -0.25) is 4.90 Å². The zero-order chi connectivity index (χ0) is 17.8. The van der Waals surface area contributed by atoms with E-state index in [2.05, 4.69) is 51.6 Å². The van der Waals surface area contributed by atoms with Crippen molar-refractivity contribution in [3.05, 3.63) is 58.0 Å². The number of nitrogens with zero attached hydrogens (tertiary/aromatic N) is 3. The molecule has 2 aromatic heterocycles. The van der Waals surface area contributed by atoms with Gasteiger partial charge in [-0.25, -0.2) is 0 Å². The largest absolute Gasteiger partial charge is 0.377 e. The first-order chi connectivity index (χ1) is 12.8. The van der Waals surface area contributed by atoms with Crippen LogP contribution in [0.4, 0.5) is 0 Å². The lowest BCUT2D eigenvalue weighted by Gasteiger charge is -2.23. The molecule has 3 heterocycles. The average Bonchev–Trinajstić information content (AvgIpc) is 3.38. The molecule has 5 nitrogen and oxygen atoms in total. The molecule has 0 N–H and O–H groups in total. The van der Waals surface area contributed by atoms with Crippen LogP contribution in [0.2, 0.25) is 0 Å². The van der Waals surface area contributed by atoms with Gasteiger partial charge in [-0.1, -0.05) is 28.9 Å². The fraction of sp³-hybridized carbons (Fsp3) is 0.400. The standard InChI is InChI=1S/C20H23N3O2S/c1-15-6-8-16(9-7-15)20-21-19(22-25-20)14-23(12-17-4-2-10-24-17)13-18-5-3-11-26-18/h3,5-9,11,17H,2,4,10,12-14H2,1H3/t17-/m1/s1. The third-order valence-corrected chi connectivity index (χ3v) is 5.44. The van der Waals surface area contributed by atoms with Crippen molar-refractivity contribution in [3.63, 3.8) is 0 Å². The Bertz CT molecular complexity index is 808. The first-order valence-corrected chi connectivity index (χ1v) is 9.90. The molecule has 1 aliphatic heterocycles. The molecule has 1 aromatic carbocycles. The Morgan fingerprint density at radius 3 is 2.81 bits per heavy atom. The van der Waals surface area contributed by atoms with Crippen LogP contribution < -0.4 is 0 Å². The molecule has 0 spiro atoms. The van der Waals surface area contributed by atoms with Crippen LogP contribution in [0.3, 0.4) is 0 Å². The zero-order valence-electron chi connectivity index (χ0n) is 14.9. The monoisotopic (exact) mass is 369 g/mol. The number of hydrogen-bond acceptors (Lipinski definition) is 6. The summed E-state index contributed by atoms with van der Waals surface area (Å²) in [5.41, 5.74) is 2.17. The molecule has 4 rings (SSSR count). The van der Waals surface area contributed by atoms with Gasteiger partial charge < -0.3 is 9.26 Å². The molecule has 0 radical (unpaired) electrons. The molecule has 3 aromatic rings. The molecular weight excluding hydrogens is 346 g/mol. The van der Waals surface area contributed by atoms with Crippen LogP contribution in [0, 0.1) is 6.92 Å². The van der Waals surface area contributed by atoms with E-state index in [1.54, 1.807) is 11.3 Å². The highest BCUT2D eigenvalue weighted by molar-refractivity contribution is 7.09. The second kappa shape index (κ2) is 8.12. The van der Waals surface area contributed by atoms with Crippen LogP contribution in [0.25, 0.3) is 11.5 Å². The number of thiophene rings is 1. The Morgan fingerprint density at radius 2 is 2.08 bits per heavy atom. The smallest absolute Gasteiger partial charge is 0.257 e. The molecule has 0 amide bonds. The molecule has 136 valence electrons. The summed E-state index contributed by atoms with van der Waals surface area (Å²) in [5.74, 6) is 1.29. The Morgan fingerprint density at radius 1 is 1.19 bits per heavy atom. The first-order valence-electron chi connectivity index (χ1n) is 9.02. The maximum atomic E-state index is 5.82. The molecule has 1 fully saturated rings. The zero-order valence-corrected chi connectivity index (χ0v) is 15.7. The van der Waals surface area contributed by atoms with Gasteiger partial charge >= 0.3 is 0 Å². The van der Waals surface area contributed by atoms with Crippen molar-refractivity contribution in [2.24, 2.45) is 0 Å². The summed E-state index contributed by atoms with van der Waals surface area (Å²) in [4.78, 5) is 8.29. The van der Waals surface area contributed by atoms with Gasteiger partial charge in [0.2, 0.25) is 0 Å². The second-order valence-electron chi connectivity index (χ2n) is 6.77. The summed E-state index contributed by atoms with van der Waals surface area (Å²) in [7, 11) is 0. The van der Waals surface area contributed by atoms with E-state index in [1.807, 2.05) is 12.1 Å². The van der Waals surface area contributed by atoms with Crippen molar-refractivity contribution in [1.82, 2.24) is 15.0 Å². The lowest BCUT2D eigenvalue weighted by Crippen LogP contribution is -2.31. The van der Waals surface area contributed by atoms with E-state index < -0.39 is 0 Å². The van der Waals surface area contributed by atoms with E-state index in [9.17, 15) is 0 Å². The minimum absolute atomic E-state index is 0.304. The van der Waals surface area contributed by atoms with Gasteiger partial charge in [0.25, 0.3) is 5.89 Å². The molecule has 0 saturated carbocycles. The van der Waals surface area contributed by atoms with Gasteiger partial charge in [0.05, 0.1) is 12.6 Å². The van der Waals surface area contributed by atoms with Gasteiger partial charge in [0, 0.05) is 30.1 Å². The van der Waals surface area contributed by atoms with Crippen LogP contribution in [0.5, 0.6) is 0 Å². The Hall–Kier alpha value is -2.02. The van der Waals surface area contributed by atoms with Crippen LogP contribution in [0.1, 0.15) is 29.1 Å². The van der Waals surface area contributed by atoms with Crippen molar-refractivity contribution >= 4 is 11.3 Å². The lowest BCUT2D eigenvalue weighted by atomic mass is 10.1. The van der Waals surface area contributed by atoms with E-state index in [-0.39, 0.29) is 0 Å². The topological polar surface area (TPSA) is 51.4 Å². The molecule has 0 aliphatic carbocycles. The fourth-order valence-corrected chi connectivity index (χ4v) is 3.96. The third kappa shape index (κ3) is 4.38. The van der Waals surface area contributed by atoms with E-state index in [4.69, 9.17) is 9.26 Å².